The molecule has 1 aromatic rings. The standard InChI is InChI=1S/C19H22N2O2/c1-12(14-8-9-17-18(10-14)23-11-22-17)21-16-7-3-5-13-4-2-6-15(20)19(13)16/h2-6,8-10,12,15-16,19,21H,7,11,20H2,1H3. The fraction of sp³-hybridized carbons (Fsp3) is 0.368. The normalized spacial score (nSPS) is 29.1. The molecule has 1 heterocycles. The highest BCUT2D eigenvalue weighted by Crippen LogP contribution is 2.35. The van der Waals surface area contributed by atoms with Crippen LogP contribution >= 0.6 is 0 Å². The van der Waals surface area contributed by atoms with Crippen LogP contribution in [0.5, 0.6) is 11.5 Å². The quantitative estimate of drug-likeness (QED) is 0.901. The Morgan fingerprint density at radius 2 is 2.13 bits per heavy atom. The predicted molar refractivity (Wildman–Crippen MR) is 90.3 cm³/mol. The first-order chi connectivity index (χ1) is 11.2. The van der Waals surface area contributed by atoms with E-state index in [1.54, 1.807) is 0 Å². The van der Waals surface area contributed by atoms with Crippen molar-refractivity contribution in [3.05, 3.63) is 59.7 Å². The number of allylic oxidation sites excluding steroid dienone is 3. The van der Waals surface area contributed by atoms with Gasteiger partial charge in [0, 0.05) is 24.0 Å². The van der Waals surface area contributed by atoms with Gasteiger partial charge in [0.15, 0.2) is 11.5 Å². The van der Waals surface area contributed by atoms with Crippen LogP contribution in [0.3, 0.4) is 0 Å². The highest BCUT2D eigenvalue weighted by molar-refractivity contribution is 5.45. The van der Waals surface area contributed by atoms with E-state index in [1.165, 1.54) is 11.1 Å². The van der Waals surface area contributed by atoms with Crippen LogP contribution in [-0.4, -0.2) is 18.9 Å². The van der Waals surface area contributed by atoms with Gasteiger partial charge in [0.2, 0.25) is 6.79 Å². The molecule has 4 rings (SSSR count). The zero-order valence-electron chi connectivity index (χ0n) is 13.2. The molecular weight excluding hydrogens is 288 g/mol. The molecule has 3 N–H and O–H groups in total. The predicted octanol–water partition coefficient (Wildman–Crippen LogP) is 2.83. The molecule has 0 fully saturated rings. The van der Waals surface area contributed by atoms with E-state index in [4.69, 9.17) is 15.2 Å². The third-order valence-corrected chi connectivity index (χ3v) is 4.92. The fourth-order valence-electron chi connectivity index (χ4n) is 3.68. The highest BCUT2D eigenvalue weighted by atomic mass is 16.7. The summed E-state index contributed by atoms with van der Waals surface area (Å²) in [7, 11) is 0. The average Bonchev–Trinajstić information content (AvgIpc) is 3.02. The summed E-state index contributed by atoms with van der Waals surface area (Å²) in [6.07, 6.45) is 11.8. The lowest BCUT2D eigenvalue weighted by molar-refractivity contribution is 0.174. The first-order valence-electron chi connectivity index (χ1n) is 8.18. The molecule has 3 aliphatic rings. The number of hydrogen-bond acceptors (Lipinski definition) is 4. The molecule has 0 aromatic heterocycles. The van der Waals surface area contributed by atoms with Gasteiger partial charge in [-0.05, 0) is 36.6 Å². The van der Waals surface area contributed by atoms with Crippen LogP contribution in [0, 0.1) is 5.92 Å². The van der Waals surface area contributed by atoms with E-state index >= 15 is 0 Å². The van der Waals surface area contributed by atoms with Gasteiger partial charge in [-0.25, -0.2) is 0 Å². The Kier molecular flexibility index (Phi) is 3.71. The van der Waals surface area contributed by atoms with E-state index < -0.39 is 0 Å². The molecule has 0 saturated carbocycles. The van der Waals surface area contributed by atoms with Gasteiger partial charge in [-0.3, -0.25) is 0 Å². The summed E-state index contributed by atoms with van der Waals surface area (Å²) in [5.41, 5.74) is 8.85. The van der Waals surface area contributed by atoms with Crippen LogP contribution in [0.1, 0.15) is 24.9 Å². The van der Waals surface area contributed by atoms with Crippen molar-refractivity contribution < 1.29 is 9.47 Å². The first-order valence-corrected chi connectivity index (χ1v) is 8.18. The summed E-state index contributed by atoms with van der Waals surface area (Å²) >= 11 is 0. The molecule has 0 spiro atoms. The molecule has 4 atom stereocenters. The Bertz CT molecular complexity index is 693. The number of benzene rings is 1. The van der Waals surface area contributed by atoms with Gasteiger partial charge in [0.05, 0.1) is 0 Å². The van der Waals surface area contributed by atoms with Crippen LogP contribution < -0.4 is 20.5 Å². The minimum atomic E-state index is 0.0707. The monoisotopic (exact) mass is 310 g/mol. The average molecular weight is 310 g/mol. The number of ether oxygens (including phenoxy) is 2. The Labute approximate surface area is 136 Å². The van der Waals surface area contributed by atoms with Crippen molar-refractivity contribution in [3.8, 4) is 11.5 Å². The number of hydrogen-bond donors (Lipinski definition) is 2. The first kappa shape index (κ1) is 14.5. The van der Waals surface area contributed by atoms with E-state index in [-0.39, 0.29) is 12.1 Å². The molecule has 1 aromatic carbocycles. The molecule has 0 radical (unpaired) electrons. The van der Waals surface area contributed by atoms with Crippen molar-refractivity contribution >= 4 is 0 Å². The van der Waals surface area contributed by atoms with Gasteiger partial charge in [0.25, 0.3) is 0 Å². The lowest BCUT2D eigenvalue weighted by atomic mass is 9.77. The van der Waals surface area contributed by atoms with Gasteiger partial charge in [-0.2, -0.15) is 0 Å². The van der Waals surface area contributed by atoms with Gasteiger partial charge in [-0.1, -0.05) is 36.4 Å². The summed E-state index contributed by atoms with van der Waals surface area (Å²) in [6, 6.07) is 6.78. The van der Waals surface area contributed by atoms with Crippen LogP contribution in [0.25, 0.3) is 0 Å². The number of fused-ring (bicyclic) bond motifs is 2. The van der Waals surface area contributed by atoms with Crippen LogP contribution in [0.4, 0.5) is 0 Å². The largest absolute Gasteiger partial charge is 0.454 e. The van der Waals surface area contributed by atoms with Gasteiger partial charge in [-0.15, -0.1) is 0 Å². The molecule has 0 saturated heterocycles. The molecular formula is C19H22N2O2. The minimum Gasteiger partial charge on any atom is -0.454 e. The fourth-order valence-corrected chi connectivity index (χ4v) is 3.68. The molecule has 4 nitrogen and oxygen atoms in total. The molecule has 23 heavy (non-hydrogen) atoms. The SMILES string of the molecule is CC(NC1CC=CC2=CC=CC(N)C21)c1ccc2c(c1)OCO2. The second-order valence-corrected chi connectivity index (χ2v) is 6.40. The maximum atomic E-state index is 6.33. The van der Waals surface area contributed by atoms with E-state index in [1.807, 2.05) is 6.07 Å². The van der Waals surface area contributed by atoms with E-state index in [9.17, 15) is 0 Å². The van der Waals surface area contributed by atoms with Gasteiger partial charge < -0.3 is 20.5 Å². The Morgan fingerprint density at radius 1 is 1.26 bits per heavy atom. The third-order valence-electron chi connectivity index (χ3n) is 4.92. The summed E-state index contributed by atoms with van der Waals surface area (Å²) in [4.78, 5) is 0. The summed E-state index contributed by atoms with van der Waals surface area (Å²) in [5.74, 6) is 1.99. The van der Waals surface area contributed by atoms with Crippen LogP contribution in [0.15, 0.2) is 54.2 Å². The van der Waals surface area contributed by atoms with E-state index in [0.29, 0.717) is 18.8 Å². The summed E-state index contributed by atoms with van der Waals surface area (Å²) in [5, 5.41) is 3.75. The molecule has 0 bridgehead atoms. The topological polar surface area (TPSA) is 56.5 Å². The third kappa shape index (κ3) is 2.69. The second-order valence-electron chi connectivity index (χ2n) is 6.40. The van der Waals surface area contributed by atoms with Crippen LogP contribution in [-0.2, 0) is 0 Å². The van der Waals surface area contributed by atoms with Gasteiger partial charge in [0.1, 0.15) is 0 Å². The number of nitrogens with one attached hydrogen (secondary N) is 1. The number of nitrogens with two attached hydrogens (primary N) is 1. The molecule has 4 unspecified atom stereocenters. The molecule has 4 heteroatoms. The van der Waals surface area contributed by atoms with E-state index in [0.717, 1.165) is 17.9 Å². The molecule has 1 aliphatic heterocycles. The Morgan fingerprint density at radius 3 is 3.04 bits per heavy atom. The summed E-state index contributed by atoms with van der Waals surface area (Å²) in [6.45, 7) is 2.49. The molecule has 120 valence electrons. The second kappa shape index (κ2) is 5.87. The smallest absolute Gasteiger partial charge is 0.231 e. The molecule has 2 aliphatic carbocycles. The van der Waals surface area contributed by atoms with Crippen molar-refractivity contribution in [2.75, 3.05) is 6.79 Å². The lowest BCUT2D eigenvalue weighted by Gasteiger charge is -2.37. The summed E-state index contributed by atoms with van der Waals surface area (Å²) < 4.78 is 10.9. The number of rotatable bonds is 3. The maximum Gasteiger partial charge on any atom is 0.231 e. The van der Waals surface area contributed by atoms with Crippen molar-refractivity contribution in [1.29, 1.82) is 0 Å². The zero-order valence-corrected chi connectivity index (χ0v) is 13.2. The van der Waals surface area contributed by atoms with Crippen molar-refractivity contribution in [2.45, 2.75) is 31.5 Å². The maximum absolute atomic E-state index is 6.33. The lowest BCUT2D eigenvalue weighted by Crippen LogP contribution is -2.47. The molecule has 0 amide bonds. The highest BCUT2D eigenvalue weighted by Gasteiger charge is 2.32. The van der Waals surface area contributed by atoms with Crippen LogP contribution in [0.2, 0.25) is 0 Å². The Hall–Kier alpha value is -2.04. The van der Waals surface area contributed by atoms with Crippen molar-refractivity contribution in [2.24, 2.45) is 11.7 Å². The zero-order chi connectivity index (χ0) is 15.8. The van der Waals surface area contributed by atoms with Crippen molar-refractivity contribution in [1.82, 2.24) is 5.32 Å². The van der Waals surface area contributed by atoms with Gasteiger partial charge >= 0.3 is 0 Å². The minimum absolute atomic E-state index is 0.0707. The van der Waals surface area contributed by atoms with Crippen molar-refractivity contribution in [3.63, 3.8) is 0 Å². The Balaban J connectivity index is 1.52. The van der Waals surface area contributed by atoms with E-state index in [2.05, 4.69) is 54.8 Å².